The normalized spacial score (nSPS) is 19.7. The number of hydrogen-bond acceptors (Lipinski definition) is 2. The Morgan fingerprint density at radius 3 is 2.73 bits per heavy atom. The first-order valence-corrected chi connectivity index (χ1v) is 4.69. The molecule has 0 bridgehead atoms. The van der Waals surface area contributed by atoms with Crippen molar-refractivity contribution < 1.29 is 4.79 Å². The Morgan fingerprint density at radius 2 is 2.36 bits per heavy atom. The molecule has 0 unspecified atom stereocenters. The maximum atomic E-state index is 11.2. The molecule has 1 aliphatic carbocycles. The third-order valence-corrected chi connectivity index (χ3v) is 3.49. The van der Waals surface area contributed by atoms with E-state index >= 15 is 0 Å². The van der Waals surface area contributed by atoms with Crippen molar-refractivity contribution in [2.45, 2.75) is 25.2 Å². The molecular formula is C9H10OS. The van der Waals surface area contributed by atoms with E-state index in [-0.39, 0.29) is 5.41 Å². The van der Waals surface area contributed by atoms with Crippen molar-refractivity contribution in [3.05, 3.63) is 22.4 Å². The summed E-state index contributed by atoms with van der Waals surface area (Å²) in [5.74, 6) is 0.333. The van der Waals surface area contributed by atoms with Gasteiger partial charge in [0.1, 0.15) is 5.78 Å². The van der Waals surface area contributed by atoms with Gasteiger partial charge in [0.05, 0.1) is 5.41 Å². The summed E-state index contributed by atoms with van der Waals surface area (Å²) in [7, 11) is 0. The first-order valence-electron chi connectivity index (χ1n) is 3.81. The third-order valence-electron chi connectivity index (χ3n) is 2.42. The fourth-order valence-electron chi connectivity index (χ4n) is 1.45. The topological polar surface area (TPSA) is 17.1 Å². The number of ketones is 1. The summed E-state index contributed by atoms with van der Waals surface area (Å²) in [4.78, 5) is 12.5. The third kappa shape index (κ3) is 0.932. The van der Waals surface area contributed by atoms with Crippen LogP contribution in [0.1, 0.15) is 24.6 Å². The van der Waals surface area contributed by atoms with Gasteiger partial charge in [-0.1, -0.05) is 6.07 Å². The van der Waals surface area contributed by atoms with Gasteiger partial charge >= 0.3 is 0 Å². The molecule has 0 N–H and O–H groups in total. The van der Waals surface area contributed by atoms with Gasteiger partial charge in [-0.05, 0) is 31.2 Å². The molecule has 0 radical (unpaired) electrons. The Labute approximate surface area is 70.1 Å². The second-order valence-electron chi connectivity index (χ2n) is 3.12. The van der Waals surface area contributed by atoms with Crippen LogP contribution in [0, 0.1) is 0 Å². The van der Waals surface area contributed by atoms with Crippen molar-refractivity contribution >= 4 is 17.1 Å². The number of rotatable bonds is 2. The molecule has 0 saturated heterocycles. The van der Waals surface area contributed by atoms with Crippen LogP contribution in [-0.2, 0) is 10.2 Å². The lowest BCUT2D eigenvalue weighted by Crippen LogP contribution is -2.14. The highest BCUT2D eigenvalue weighted by atomic mass is 32.1. The van der Waals surface area contributed by atoms with Crippen LogP contribution in [0.15, 0.2) is 17.5 Å². The summed E-state index contributed by atoms with van der Waals surface area (Å²) < 4.78 is 0. The fourth-order valence-corrected chi connectivity index (χ4v) is 2.48. The van der Waals surface area contributed by atoms with E-state index in [1.54, 1.807) is 18.3 Å². The summed E-state index contributed by atoms with van der Waals surface area (Å²) in [5, 5.41) is 2.04. The van der Waals surface area contributed by atoms with Crippen LogP contribution in [0.3, 0.4) is 0 Å². The molecule has 2 rings (SSSR count). The first-order chi connectivity index (χ1) is 5.26. The molecular weight excluding hydrogens is 156 g/mol. The monoisotopic (exact) mass is 166 g/mol. The van der Waals surface area contributed by atoms with Gasteiger partial charge in [-0.2, -0.15) is 0 Å². The number of carbonyl (C=O) groups is 1. The smallest absolute Gasteiger partial charge is 0.141 e. The number of hydrogen-bond donors (Lipinski definition) is 0. The van der Waals surface area contributed by atoms with Gasteiger partial charge < -0.3 is 0 Å². The lowest BCUT2D eigenvalue weighted by atomic mass is 10.0. The van der Waals surface area contributed by atoms with Crippen molar-refractivity contribution in [1.29, 1.82) is 0 Å². The molecule has 0 aliphatic heterocycles. The molecule has 1 saturated carbocycles. The predicted octanol–water partition coefficient (Wildman–Crippen LogP) is 2.37. The maximum absolute atomic E-state index is 11.2. The van der Waals surface area contributed by atoms with Crippen molar-refractivity contribution in [2.75, 3.05) is 0 Å². The van der Waals surface area contributed by atoms with Crippen molar-refractivity contribution in [3.63, 3.8) is 0 Å². The molecule has 2 heteroatoms. The fraction of sp³-hybridized carbons (Fsp3) is 0.444. The lowest BCUT2D eigenvalue weighted by Gasteiger charge is -2.06. The zero-order valence-corrected chi connectivity index (χ0v) is 7.28. The van der Waals surface area contributed by atoms with E-state index < -0.39 is 0 Å². The molecule has 0 aromatic carbocycles. The highest BCUT2D eigenvalue weighted by Crippen LogP contribution is 2.50. The van der Waals surface area contributed by atoms with Crippen LogP contribution in [-0.4, -0.2) is 5.78 Å². The quantitative estimate of drug-likeness (QED) is 0.659. The Kier molecular flexibility index (Phi) is 1.39. The van der Waals surface area contributed by atoms with Crippen molar-refractivity contribution in [1.82, 2.24) is 0 Å². The van der Waals surface area contributed by atoms with Crippen LogP contribution in [0.2, 0.25) is 0 Å². The van der Waals surface area contributed by atoms with E-state index in [0.717, 1.165) is 12.8 Å². The standard InChI is InChI=1S/C9H10OS/c1-7(10)9(4-5-9)8-3-2-6-11-8/h2-3,6H,4-5H2,1H3. The molecule has 1 nitrogen and oxygen atoms in total. The van der Waals surface area contributed by atoms with Crippen molar-refractivity contribution in [3.8, 4) is 0 Å². The highest BCUT2D eigenvalue weighted by molar-refractivity contribution is 7.10. The Morgan fingerprint density at radius 1 is 1.64 bits per heavy atom. The molecule has 1 aromatic rings. The molecule has 0 spiro atoms. The molecule has 0 amide bonds. The minimum absolute atomic E-state index is 0.0475. The summed E-state index contributed by atoms with van der Waals surface area (Å²) in [6.07, 6.45) is 2.12. The van der Waals surface area contributed by atoms with Gasteiger partial charge in [-0.3, -0.25) is 4.79 Å². The van der Waals surface area contributed by atoms with Crippen LogP contribution < -0.4 is 0 Å². The summed E-state index contributed by atoms with van der Waals surface area (Å²) in [5.41, 5.74) is -0.0475. The first kappa shape index (κ1) is 7.04. The van der Waals surface area contributed by atoms with Crippen molar-refractivity contribution in [2.24, 2.45) is 0 Å². The molecule has 58 valence electrons. The minimum atomic E-state index is -0.0475. The second-order valence-corrected chi connectivity index (χ2v) is 4.06. The SMILES string of the molecule is CC(=O)C1(c2cccs2)CC1. The van der Waals surface area contributed by atoms with E-state index in [4.69, 9.17) is 0 Å². The van der Waals surface area contributed by atoms with E-state index in [1.807, 2.05) is 11.4 Å². The summed E-state index contributed by atoms with van der Waals surface area (Å²) in [6, 6.07) is 4.09. The van der Waals surface area contributed by atoms with Gasteiger partial charge in [0, 0.05) is 4.88 Å². The highest BCUT2D eigenvalue weighted by Gasteiger charge is 2.49. The number of Topliss-reactive ketones (excluding diaryl/α,β-unsaturated/α-hetero) is 1. The number of carbonyl (C=O) groups excluding carboxylic acids is 1. The van der Waals surface area contributed by atoms with Gasteiger partial charge in [-0.25, -0.2) is 0 Å². The van der Waals surface area contributed by atoms with Crippen LogP contribution in [0.5, 0.6) is 0 Å². The second kappa shape index (κ2) is 2.18. The zero-order valence-electron chi connectivity index (χ0n) is 6.46. The molecule has 1 fully saturated rings. The van der Waals surface area contributed by atoms with E-state index in [1.165, 1.54) is 4.88 Å². The van der Waals surface area contributed by atoms with E-state index in [2.05, 4.69) is 6.07 Å². The molecule has 11 heavy (non-hydrogen) atoms. The molecule has 1 heterocycles. The predicted molar refractivity (Wildman–Crippen MR) is 45.9 cm³/mol. The zero-order chi connectivity index (χ0) is 7.90. The Bertz CT molecular complexity index is 270. The Hall–Kier alpha value is -0.630. The van der Waals surface area contributed by atoms with Crippen LogP contribution >= 0.6 is 11.3 Å². The van der Waals surface area contributed by atoms with Crippen LogP contribution in [0.4, 0.5) is 0 Å². The van der Waals surface area contributed by atoms with E-state index in [9.17, 15) is 4.79 Å². The maximum Gasteiger partial charge on any atom is 0.141 e. The Balaban J connectivity index is 2.36. The summed E-state index contributed by atoms with van der Waals surface area (Å²) in [6.45, 7) is 1.70. The number of thiophene rings is 1. The molecule has 1 aromatic heterocycles. The van der Waals surface area contributed by atoms with Gasteiger partial charge in [0.25, 0.3) is 0 Å². The van der Waals surface area contributed by atoms with Gasteiger partial charge in [0.15, 0.2) is 0 Å². The van der Waals surface area contributed by atoms with Gasteiger partial charge in [-0.15, -0.1) is 11.3 Å². The van der Waals surface area contributed by atoms with Gasteiger partial charge in [0.2, 0.25) is 0 Å². The average Bonchev–Trinajstić information content (AvgIpc) is 2.61. The average molecular weight is 166 g/mol. The lowest BCUT2D eigenvalue weighted by molar-refractivity contribution is -0.119. The van der Waals surface area contributed by atoms with Crippen LogP contribution in [0.25, 0.3) is 0 Å². The minimum Gasteiger partial charge on any atom is -0.299 e. The summed E-state index contributed by atoms with van der Waals surface area (Å²) >= 11 is 1.70. The largest absolute Gasteiger partial charge is 0.299 e. The molecule has 1 aliphatic rings. The van der Waals surface area contributed by atoms with E-state index in [0.29, 0.717) is 5.78 Å². The molecule has 0 atom stereocenters.